The maximum atomic E-state index is 12.0. The highest BCUT2D eigenvalue weighted by Gasteiger charge is 2.28. The maximum absolute atomic E-state index is 12.0. The Balaban J connectivity index is 1.59. The second kappa shape index (κ2) is 9.69. The molecular weight excluding hydrogens is 366 g/mol. The summed E-state index contributed by atoms with van der Waals surface area (Å²) in [6.45, 7) is 5.83. The van der Waals surface area contributed by atoms with Gasteiger partial charge >= 0.3 is 0 Å². The number of hydrogen-bond donors (Lipinski definition) is 2. The van der Waals surface area contributed by atoms with Crippen molar-refractivity contribution in [1.29, 1.82) is 0 Å². The number of nitrogens with one attached hydrogen (secondary N) is 2. The molecule has 2 aromatic rings. The van der Waals surface area contributed by atoms with Crippen molar-refractivity contribution in [2.75, 3.05) is 31.3 Å². The molecule has 2 atom stereocenters. The number of carbonyl (C=O) groups excluding carboxylic acids is 1. The Kier molecular flexibility index (Phi) is 7.04. The molecule has 0 spiro atoms. The molecule has 29 heavy (non-hydrogen) atoms. The second-order valence-electron chi connectivity index (χ2n) is 8.01. The molecule has 2 heterocycles. The van der Waals surface area contributed by atoms with Crippen LogP contribution in [0.4, 0.5) is 11.6 Å². The highest BCUT2D eigenvalue weighted by atomic mass is 16.5. The summed E-state index contributed by atoms with van der Waals surface area (Å²) in [6.07, 6.45) is 3.90. The standard InChI is InChI=1S/C22H31N5O2/c1-15(2)21-18(6-5-11-29-21)26-20-12-19(24-14-25-20)23-13-16-7-9-17(10-8-16)22(28)27(3)4/h7-10,12,14-15,18,21H,5-6,11,13H2,1-4H3,(H2,23,24,25,26)/t18-,21-/m1/s1. The molecule has 1 saturated heterocycles. The number of anilines is 2. The van der Waals surface area contributed by atoms with E-state index in [1.807, 2.05) is 30.3 Å². The first-order valence-electron chi connectivity index (χ1n) is 10.2. The summed E-state index contributed by atoms with van der Waals surface area (Å²) in [5.74, 6) is 2.02. The van der Waals surface area contributed by atoms with Crippen LogP contribution in [0, 0.1) is 5.92 Å². The third-order valence-corrected chi connectivity index (χ3v) is 5.10. The van der Waals surface area contributed by atoms with E-state index >= 15 is 0 Å². The zero-order valence-corrected chi connectivity index (χ0v) is 17.7. The van der Waals surface area contributed by atoms with Crippen molar-refractivity contribution in [2.45, 2.75) is 45.4 Å². The number of benzene rings is 1. The van der Waals surface area contributed by atoms with E-state index in [9.17, 15) is 4.79 Å². The topological polar surface area (TPSA) is 79.4 Å². The lowest BCUT2D eigenvalue weighted by Gasteiger charge is -2.35. The van der Waals surface area contributed by atoms with Gasteiger partial charge in [-0.15, -0.1) is 0 Å². The molecule has 7 nitrogen and oxygen atoms in total. The summed E-state index contributed by atoms with van der Waals surface area (Å²) in [5.41, 5.74) is 1.76. The smallest absolute Gasteiger partial charge is 0.253 e. The van der Waals surface area contributed by atoms with Gasteiger partial charge in [0.05, 0.1) is 12.1 Å². The first-order chi connectivity index (χ1) is 13.9. The predicted octanol–water partition coefficient (Wildman–Crippen LogP) is 3.41. The van der Waals surface area contributed by atoms with Crippen LogP contribution in [0.1, 0.15) is 42.6 Å². The van der Waals surface area contributed by atoms with Gasteiger partial charge in [-0.3, -0.25) is 4.79 Å². The molecule has 7 heteroatoms. The molecule has 0 radical (unpaired) electrons. The molecule has 1 aromatic carbocycles. The van der Waals surface area contributed by atoms with Gasteiger partial charge in [0.15, 0.2) is 0 Å². The van der Waals surface area contributed by atoms with Crippen LogP contribution in [0.25, 0.3) is 0 Å². The molecule has 1 aliphatic heterocycles. The highest BCUT2D eigenvalue weighted by molar-refractivity contribution is 5.93. The molecule has 1 fully saturated rings. The minimum absolute atomic E-state index is 0.00224. The molecule has 1 aliphatic rings. The summed E-state index contributed by atoms with van der Waals surface area (Å²) in [6, 6.07) is 9.79. The molecule has 2 N–H and O–H groups in total. The van der Waals surface area contributed by atoms with E-state index in [-0.39, 0.29) is 18.1 Å². The van der Waals surface area contributed by atoms with E-state index in [0.717, 1.165) is 36.6 Å². The van der Waals surface area contributed by atoms with Gasteiger partial charge in [-0.05, 0) is 36.5 Å². The Bertz CT molecular complexity index is 807. The van der Waals surface area contributed by atoms with E-state index in [0.29, 0.717) is 18.0 Å². The van der Waals surface area contributed by atoms with Crippen molar-refractivity contribution in [3.05, 3.63) is 47.8 Å². The number of amides is 1. The zero-order chi connectivity index (χ0) is 20.8. The lowest BCUT2D eigenvalue weighted by molar-refractivity contribution is -0.0203. The van der Waals surface area contributed by atoms with Crippen LogP contribution in [0.5, 0.6) is 0 Å². The van der Waals surface area contributed by atoms with Gasteiger partial charge in [0.1, 0.15) is 18.0 Å². The minimum atomic E-state index is 0.00224. The number of hydrogen-bond acceptors (Lipinski definition) is 6. The lowest BCUT2D eigenvalue weighted by atomic mass is 9.94. The van der Waals surface area contributed by atoms with E-state index in [1.165, 1.54) is 0 Å². The van der Waals surface area contributed by atoms with Gasteiger partial charge in [0, 0.05) is 38.9 Å². The molecule has 1 aromatic heterocycles. The maximum Gasteiger partial charge on any atom is 0.253 e. The third kappa shape index (κ3) is 5.67. The molecule has 0 aliphatic carbocycles. The van der Waals surface area contributed by atoms with Gasteiger partial charge in [-0.2, -0.15) is 0 Å². The van der Waals surface area contributed by atoms with Crippen molar-refractivity contribution < 1.29 is 9.53 Å². The lowest BCUT2D eigenvalue weighted by Crippen LogP contribution is -2.43. The molecule has 3 rings (SSSR count). The van der Waals surface area contributed by atoms with Gasteiger partial charge in [-0.1, -0.05) is 26.0 Å². The Morgan fingerprint density at radius 2 is 1.93 bits per heavy atom. The average Bonchev–Trinajstić information content (AvgIpc) is 2.72. The van der Waals surface area contributed by atoms with Crippen molar-refractivity contribution in [3.63, 3.8) is 0 Å². The van der Waals surface area contributed by atoms with Crippen molar-refractivity contribution in [3.8, 4) is 0 Å². The highest BCUT2D eigenvalue weighted by Crippen LogP contribution is 2.24. The normalized spacial score (nSPS) is 19.1. The van der Waals surface area contributed by atoms with Gasteiger partial charge in [0.2, 0.25) is 0 Å². The Labute approximate surface area is 172 Å². The zero-order valence-electron chi connectivity index (χ0n) is 17.7. The van der Waals surface area contributed by atoms with Gasteiger partial charge in [0.25, 0.3) is 5.91 Å². The average molecular weight is 398 g/mol. The number of rotatable bonds is 7. The Hall–Kier alpha value is -2.67. The summed E-state index contributed by atoms with van der Waals surface area (Å²) < 4.78 is 5.95. The number of carbonyl (C=O) groups is 1. The summed E-state index contributed by atoms with van der Waals surface area (Å²) in [5, 5.41) is 6.85. The van der Waals surface area contributed by atoms with Crippen molar-refractivity contribution in [2.24, 2.45) is 5.92 Å². The monoisotopic (exact) mass is 397 g/mol. The fourth-order valence-electron chi connectivity index (χ4n) is 3.55. The van der Waals surface area contributed by atoms with Crippen molar-refractivity contribution >= 4 is 17.5 Å². The molecule has 156 valence electrons. The summed E-state index contributed by atoms with van der Waals surface area (Å²) in [4.78, 5) is 22.2. The van der Waals surface area contributed by atoms with E-state index in [2.05, 4.69) is 34.4 Å². The molecule has 0 saturated carbocycles. The third-order valence-electron chi connectivity index (χ3n) is 5.10. The molecule has 1 amide bonds. The fraction of sp³-hybridized carbons (Fsp3) is 0.500. The van der Waals surface area contributed by atoms with Crippen LogP contribution in [0.15, 0.2) is 36.7 Å². The first kappa shape index (κ1) is 21.0. The summed E-state index contributed by atoms with van der Waals surface area (Å²) >= 11 is 0. The summed E-state index contributed by atoms with van der Waals surface area (Å²) in [7, 11) is 3.50. The van der Waals surface area contributed by atoms with E-state index < -0.39 is 0 Å². The second-order valence-corrected chi connectivity index (χ2v) is 8.01. The predicted molar refractivity (Wildman–Crippen MR) is 115 cm³/mol. The van der Waals surface area contributed by atoms with Crippen LogP contribution >= 0.6 is 0 Å². The van der Waals surface area contributed by atoms with Crippen LogP contribution in [0.3, 0.4) is 0 Å². The Morgan fingerprint density at radius 1 is 1.21 bits per heavy atom. The van der Waals surface area contributed by atoms with Crippen LogP contribution in [0.2, 0.25) is 0 Å². The van der Waals surface area contributed by atoms with E-state index in [4.69, 9.17) is 4.74 Å². The Morgan fingerprint density at radius 3 is 2.62 bits per heavy atom. The molecule has 0 bridgehead atoms. The van der Waals surface area contributed by atoms with Crippen molar-refractivity contribution in [1.82, 2.24) is 14.9 Å². The quantitative estimate of drug-likeness (QED) is 0.745. The van der Waals surface area contributed by atoms with E-state index in [1.54, 1.807) is 25.3 Å². The van der Waals surface area contributed by atoms with Gasteiger partial charge in [-0.25, -0.2) is 9.97 Å². The van der Waals surface area contributed by atoms with Crippen LogP contribution < -0.4 is 10.6 Å². The number of aromatic nitrogens is 2. The van der Waals surface area contributed by atoms with Crippen LogP contribution in [-0.4, -0.2) is 53.6 Å². The number of ether oxygens (including phenoxy) is 1. The van der Waals surface area contributed by atoms with Crippen LogP contribution in [-0.2, 0) is 11.3 Å². The SMILES string of the molecule is CC(C)[C@H]1OCCC[C@H]1Nc1cc(NCc2ccc(C(=O)N(C)C)cc2)ncn1. The minimum Gasteiger partial charge on any atom is -0.376 e. The fourth-order valence-corrected chi connectivity index (χ4v) is 3.55. The largest absolute Gasteiger partial charge is 0.376 e. The molecule has 0 unspecified atom stereocenters. The molecular formula is C22H31N5O2. The number of nitrogens with zero attached hydrogens (tertiary/aromatic N) is 3. The van der Waals surface area contributed by atoms with Gasteiger partial charge < -0.3 is 20.3 Å². The first-order valence-corrected chi connectivity index (χ1v) is 10.2.